The van der Waals surface area contributed by atoms with Gasteiger partial charge in [0, 0.05) is 6.54 Å². The first-order valence-corrected chi connectivity index (χ1v) is 3.72. The number of hydrogen-bond acceptors (Lipinski definition) is 3. The van der Waals surface area contributed by atoms with Gasteiger partial charge in [-0.25, -0.2) is 0 Å². The predicted molar refractivity (Wildman–Crippen MR) is 41.4 cm³/mol. The van der Waals surface area contributed by atoms with Crippen molar-refractivity contribution in [3.8, 4) is 0 Å². The topological polar surface area (TPSA) is 69.6 Å². The monoisotopic (exact) mass is 161 g/mol. The molecule has 11 heavy (non-hydrogen) atoms. The van der Waals surface area contributed by atoms with E-state index < -0.39 is 18.1 Å². The number of carboxylic acid groups (broad SMARTS) is 1. The summed E-state index contributed by atoms with van der Waals surface area (Å²) in [6.45, 7) is 3.73. The summed E-state index contributed by atoms with van der Waals surface area (Å²) in [6, 6.07) is -0.587. The summed E-state index contributed by atoms with van der Waals surface area (Å²) in [5.74, 6) is -0.895. The van der Waals surface area contributed by atoms with Crippen LogP contribution >= 0.6 is 0 Å². The molecule has 0 saturated carbocycles. The van der Waals surface area contributed by atoms with Crippen molar-refractivity contribution in [3.63, 3.8) is 0 Å². The van der Waals surface area contributed by atoms with Gasteiger partial charge < -0.3 is 15.5 Å². The first kappa shape index (κ1) is 10.4. The van der Waals surface area contributed by atoms with Gasteiger partial charge >= 0.3 is 5.97 Å². The summed E-state index contributed by atoms with van der Waals surface area (Å²) >= 11 is 0. The first-order chi connectivity index (χ1) is 5.07. The van der Waals surface area contributed by atoms with Gasteiger partial charge in [-0.2, -0.15) is 0 Å². The Morgan fingerprint density at radius 3 is 2.55 bits per heavy atom. The van der Waals surface area contributed by atoms with E-state index in [2.05, 4.69) is 5.32 Å². The number of rotatable bonds is 5. The Hall–Kier alpha value is -0.610. The van der Waals surface area contributed by atoms with Crippen LogP contribution in [0.25, 0.3) is 0 Å². The lowest BCUT2D eigenvalue weighted by molar-refractivity contribution is -0.139. The first-order valence-electron chi connectivity index (χ1n) is 3.72. The highest BCUT2D eigenvalue weighted by Gasteiger charge is 2.10. The molecule has 0 fully saturated rings. The van der Waals surface area contributed by atoms with Crippen LogP contribution in [0, 0.1) is 0 Å². The minimum absolute atomic E-state index is 0.337. The van der Waals surface area contributed by atoms with E-state index in [9.17, 15) is 4.79 Å². The van der Waals surface area contributed by atoms with E-state index in [1.807, 2.05) is 6.92 Å². The number of carboxylic acids is 1. The van der Waals surface area contributed by atoms with E-state index >= 15 is 0 Å². The largest absolute Gasteiger partial charge is 0.480 e. The summed E-state index contributed by atoms with van der Waals surface area (Å²) in [4.78, 5) is 10.3. The zero-order valence-electron chi connectivity index (χ0n) is 6.87. The number of aliphatic hydroxyl groups excluding tert-OH is 1. The maximum Gasteiger partial charge on any atom is 0.320 e. The van der Waals surface area contributed by atoms with E-state index in [4.69, 9.17) is 10.2 Å². The quantitative estimate of drug-likeness (QED) is 0.523. The van der Waals surface area contributed by atoms with Crippen molar-refractivity contribution < 1.29 is 15.0 Å². The number of nitrogens with one attached hydrogen (secondary N) is 1. The normalized spacial score (nSPS) is 15.9. The van der Waals surface area contributed by atoms with Crippen LogP contribution in [-0.2, 0) is 4.79 Å². The van der Waals surface area contributed by atoms with E-state index in [1.165, 1.54) is 0 Å². The molecule has 0 rings (SSSR count). The van der Waals surface area contributed by atoms with E-state index in [1.54, 1.807) is 6.92 Å². The van der Waals surface area contributed by atoms with Gasteiger partial charge in [0.15, 0.2) is 0 Å². The molecule has 0 saturated heterocycles. The van der Waals surface area contributed by atoms with Gasteiger partial charge in [-0.15, -0.1) is 0 Å². The van der Waals surface area contributed by atoms with Gasteiger partial charge in [-0.3, -0.25) is 4.79 Å². The van der Waals surface area contributed by atoms with Crippen LogP contribution in [0.15, 0.2) is 0 Å². The van der Waals surface area contributed by atoms with Crippen LogP contribution in [0.3, 0.4) is 0 Å². The highest BCUT2D eigenvalue weighted by molar-refractivity contribution is 5.72. The Morgan fingerprint density at radius 2 is 2.18 bits per heavy atom. The highest BCUT2D eigenvalue weighted by atomic mass is 16.4. The third-order valence-corrected chi connectivity index (χ3v) is 1.50. The van der Waals surface area contributed by atoms with Crippen molar-refractivity contribution in [2.45, 2.75) is 32.4 Å². The molecule has 0 aromatic carbocycles. The van der Waals surface area contributed by atoms with Crippen LogP contribution in [0.4, 0.5) is 0 Å². The average Bonchev–Trinajstić information content (AvgIpc) is 1.99. The Bertz CT molecular complexity index is 127. The van der Waals surface area contributed by atoms with E-state index in [0.717, 1.165) is 0 Å². The molecule has 66 valence electrons. The maximum absolute atomic E-state index is 10.3. The van der Waals surface area contributed by atoms with Crippen LogP contribution < -0.4 is 5.32 Å². The fourth-order valence-corrected chi connectivity index (χ4v) is 0.544. The fraction of sp³-hybridized carbons (Fsp3) is 0.857. The number of aliphatic carboxylic acids is 1. The van der Waals surface area contributed by atoms with Gasteiger partial charge in [-0.05, 0) is 13.3 Å². The van der Waals surface area contributed by atoms with Gasteiger partial charge in [0.1, 0.15) is 6.04 Å². The van der Waals surface area contributed by atoms with Crippen LogP contribution in [0.5, 0.6) is 0 Å². The van der Waals surface area contributed by atoms with Crippen LogP contribution in [0.2, 0.25) is 0 Å². The second-order valence-corrected chi connectivity index (χ2v) is 2.53. The van der Waals surface area contributed by atoms with Crippen LogP contribution in [-0.4, -0.2) is 34.9 Å². The number of aliphatic hydroxyl groups is 1. The molecule has 3 N–H and O–H groups in total. The maximum atomic E-state index is 10.3. The predicted octanol–water partition coefficient (Wildman–Crippen LogP) is -0.180. The molecule has 4 nitrogen and oxygen atoms in total. The molecule has 0 spiro atoms. The number of hydrogen-bond donors (Lipinski definition) is 3. The molecule has 1 unspecified atom stereocenters. The van der Waals surface area contributed by atoms with E-state index in [0.29, 0.717) is 13.0 Å². The second kappa shape index (κ2) is 5.09. The zero-order chi connectivity index (χ0) is 8.85. The lowest BCUT2D eigenvalue weighted by atomic mass is 10.2. The van der Waals surface area contributed by atoms with Crippen LogP contribution in [0.1, 0.15) is 20.3 Å². The zero-order valence-corrected chi connectivity index (χ0v) is 6.87. The van der Waals surface area contributed by atoms with Crippen molar-refractivity contribution in [1.29, 1.82) is 0 Å². The van der Waals surface area contributed by atoms with Crippen molar-refractivity contribution in [2.24, 2.45) is 0 Å². The number of carbonyl (C=O) groups is 1. The molecule has 0 aromatic rings. The minimum Gasteiger partial charge on any atom is -0.480 e. The van der Waals surface area contributed by atoms with Crippen molar-refractivity contribution >= 4 is 5.97 Å². The van der Waals surface area contributed by atoms with E-state index in [-0.39, 0.29) is 0 Å². The SMILES string of the molecule is CCC(O)CN[C@@H](C)C(=O)O. The van der Waals surface area contributed by atoms with Crippen molar-refractivity contribution in [1.82, 2.24) is 5.32 Å². The molecule has 0 aliphatic heterocycles. The summed E-state index contributed by atoms with van der Waals surface area (Å²) in [5, 5.41) is 20.1. The van der Waals surface area contributed by atoms with Crippen molar-refractivity contribution in [2.75, 3.05) is 6.54 Å². The summed E-state index contributed by atoms with van der Waals surface area (Å²) < 4.78 is 0. The summed E-state index contributed by atoms with van der Waals surface area (Å²) in [6.07, 6.45) is 0.191. The molecule has 0 radical (unpaired) electrons. The third kappa shape index (κ3) is 4.75. The van der Waals surface area contributed by atoms with Gasteiger partial charge in [0.25, 0.3) is 0 Å². The fourth-order valence-electron chi connectivity index (χ4n) is 0.544. The summed E-state index contributed by atoms with van der Waals surface area (Å²) in [5.41, 5.74) is 0. The highest BCUT2D eigenvalue weighted by Crippen LogP contribution is 1.88. The third-order valence-electron chi connectivity index (χ3n) is 1.50. The molecule has 2 atom stereocenters. The minimum atomic E-state index is -0.895. The summed E-state index contributed by atoms with van der Waals surface area (Å²) in [7, 11) is 0. The lowest BCUT2D eigenvalue weighted by Gasteiger charge is -2.11. The molecule has 0 bridgehead atoms. The molecule has 0 heterocycles. The Labute approximate surface area is 66.2 Å². The molecule has 0 amide bonds. The molecule has 0 aliphatic rings. The van der Waals surface area contributed by atoms with Gasteiger partial charge in [-0.1, -0.05) is 6.92 Å². The van der Waals surface area contributed by atoms with Gasteiger partial charge in [0.05, 0.1) is 6.10 Å². The molecule has 0 aliphatic carbocycles. The lowest BCUT2D eigenvalue weighted by Crippen LogP contribution is -2.38. The Kier molecular flexibility index (Phi) is 4.81. The van der Waals surface area contributed by atoms with Crippen molar-refractivity contribution in [3.05, 3.63) is 0 Å². The standard InChI is InChI=1S/C7H15NO3/c1-3-6(9)4-8-5(2)7(10)11/h5-6,8-9H,3-4H2,1-2H3,(H,10,11)/t5-,6?/m0/s1. The smallest absolute Gasteiger partial charge is 0.320 e. The van der Waals surface area contributed by atoms with Gasteiger partial charge in [0.2, 0.25) is 0 Å². The molecule has 4 heteroatoms. The molecular formula is C7H15NO3. The molecular weight excluding hydrogens is 146 g/mol. The average molecular weight is 161 g/mol. The Balaban J connectivity index is 3.45. The molecule has 0 aromatic heterocycles. The Morgan fingerprint density at radius 1 is 1.64 bits per heavy atom. The second-order valence-electron chi connectivity index (χ2n) is 2.53.